The van der Waals surface area contributed by atoms with E-state index in [9.17, 15) is 14.9 Å². The number of ether oxygens (including phenoxy) is 1. The Kier molecular flexibility index (Phi) is 8.12. The van der Waals surface area contributed by atoms with E-state index in [1.807, 2.05) is 48.7 Å². The van der Waals surface area contributed by atoms with Crippen LogP contribution in [-0.4, -0.2) is 85.8 Å². The van der Waals surface area contributed by atoms with Gasteiger partial charge in [-0.2, -0.15) is 10.4 Å². The zero-order valence-electron chi connectivity index (χ0n) is 24.2. The van der Waals surface area contributed by atoms with Gasteiger partial charge in [-0.1, -0.05) is 12.1 Å². The van der Waals surface area contributed by atoms with Gasteiger partial charge in [0.25, 0.3) is 11.8 Å². The van der Waals surface area contributed by atoms with Crippen LogP contribution in [0.15, 0.2) is 60.4 Å². The minimum atomic E-state index is -0.461. The fourth-order valence-corrected chi connectivity index (χ4v) is 6.79. The molecule has 0 aliphatic carbocycles. The molecule has 222 valence electrons. The Morgan fingerprint density at radius 2 is 2.02 bits per heavy atom. The smallest absolute Gasteiger partial charge is 0.268 e. The Bertz CT molecular complexity index is 1690. The van der Waals surface area contributed by atoms with Gasteiger partial charge in [-0.3, -0.25) is 24.9 Å². The second kappa shape index (κ2) is 12.1. The molecule has 2 fully saturated rings. The zero-order valence-corrected chi connectivity index (χ0v) is 25.1. The molecule has 0 unspecified atom stereocenters. The van der Waals surface area contributed by atoms with Crippen LogP contribution in [0.2, 0.25) is 0 Å². The van der Waals surface area contributed by atoms with Gasteiger partial charge < -0.3 is 14.2 Å². The fraction of sp³-hybridized carbons (Fsp3) is 0.387. The summed E-state index contributed by atoms with van der Waals surface area (Å²) in [5.74, 6) is -0.0874. The van der Waals surface area contributed by atoms with Gasteiger partial charge in [0, 0.05) is 48.4 Å². The molecule has 2 aliphatic heterocycles. The monoisotopic (exact) mass is 598 g/mol. The number of benzene rings is 1. The summed E-state index contributed by atoms with van der Waals surface area (Å²) < 4.78 is 7.46. The number of nitriles is 1. The first kappa shape index (κ1) is 28.8. The molecule has 0 saturated carbocycles. The second-order valence-electron chi connectivity index (χ2n) is 11.4. The number of nitrogens with zero attached hydrogens (tertiary/aromatic N) is 6. The van der Waals surface area contributed by atoms with Crippen molar-refractivity contribution < 1.29 is 14.3 Å². The van der Waals surface area contributed by atoms with Gasteiger partial charge in [0.1, 0.15) is 11.6 Å². The molecule has 43 heavy (non-hydrogen) atoms. The van der Waals surface area contributed by atoms with Crippen molar-refractivity contribution in [3.8, 4) is 16.5 Å². The van der Waals surface area contributed by atoms with E-state index in [4.69, 9.17) is 9.72 Å². The van der Waals surface area contributed by atoms with Gasteiger partial charge >= 0.3 is 0 Å². The van der Waals surface area contributed by atoms with Crippen LogP contribution in [0.1, 0.15) is 36.4 Å². The van der Waals surface area contributed by atoms with Crippen LogP contribution >= 0.6 is 11.3 Å². The van der Waals surface area contributed by atoms with Crippen molar-refractivity contribution in [2.45, 2.75) is 44.8 Å². The van der Waals surface area contributed by atoms with Crippen LogP contribution in [0.25, 0.3) is 21.5 Å². The topological polar surface area (TPSA) is 132 Å². The van der Waals surface area contributed by atoms with Crippen LogP contribution in [0.5, 0.6) is 0 Å². The molecule has 5 heterocycles. The van der Waals surface area contributed by atoms with E-state index in [1.54, 1.807) is 29.4 Å². The van der Waals surface area contributed by atoms with Gasteiger partial charge in [0.2, 0.25) is 5.95 Å². The predicted octanol–water partition coefficient (Wildman–Crippen LogP) is 4.29. The normalized spacial score (nSPS) is 18.2. The van der Waals surface area contributed by atoms with Crippen LogP contribution in [-0.2, 0) is 16.1 Å². The van der Waals surface area contributed by atoms with E-state index in [2.05, 4.69) is 26.5 Å². The van der Waals surface area contributed by atoms with Crippen molar-refractivity contribution in [1.29, 1.82) is 5.26 Å². The van der Waals surface area contributed by atoms with Crippen molar-refractivity contribution in [2.75, 3.05) is 38.2 Å². The standard InChI is InChI=1S/C31H34N8O3S/c1-31(2,37-12-14-42-15-13-37)16-21(17-32)29(41)38-11-5-6-23(38)20-39-25-8-4-3-7-24(25)35-30(39)36-28(40)27-10-9-26(43-27)22-18-33-34-19-22/h3-4,7-10,16,18-19,23H,5-6,11-15,20H2,1-2H3,(H,33,34)(H,35,36,40)/b21-16+/t23-/m1/s1. The number of nitrogens with one attached hydrogen (secondary N) is 2. The van der Waals surface area contributed by atoms with Crippen molar-refractivity contribution in [1.82, 2.24) is 29.5 Å². The van der Waals surface area contributed by atoms with E-state index >= 15 is 0 Å². The summed E-state index contributed by atoms with van der Waals surface area (Å²) in [7, 11) is 0. The van der Waals surface area contributed by atoms with Crippen LogP contribution in [0, 0.1) is 11.3 Å². The van der Waals surface area contributed by atoms with Gasteiger partial charge in [-0.15, -0.1) is 11.3 Å². The number of H-pyrrole nitrogens is 1. The molecule has 4 aromatic rings. The van der Waals surface area contributed by atoms with Crippen molar-refractivity contribution in [2.24, 2.45) is 0 Å². The molecule has 2 saturated heterocycles. The van der Waals surface area contributed by atoms with Crippen molar-refractivity contribution >= 4 is 40.1 Å². The summed E-state index contributed by atoms with van der Waals surface area (Å²) in [5, 5.41) is 19.8. The molecular weight excluding hydrogens is 564 g/mol. The summed E-state index contributed by atoms with van der Waals surface area (Å²) in [6.45, 7) is 7.85. The Labute approximate surface area is 253 Å². The largest absolute Gasteiger partial charge is 0.379 e. The lowest BCUT2D eigenvalue weighted by atomic mass is 9.97. The molecule has 1 atom stereocenters. The Hall–Kier alpha value is -4.31. The maximum absolute atomic E-state index is 13.8. The fourth-order valence-electron chi connectivity index (χ4n) is 5.90. The highest BCUT2D eigenvalue weighted by Gasteiger charge is 2.34. The van der Waals surface area contributed by atoms with E-state index in [0.717, 1.165) is 47.4 Å². The third-order valence-corrected chi connectivity index (χ3v) is 9.33. The zero-order chi connectivity index (χ0) is 30.0. The highest BCUT2D eigenvalue weighted by Crippen LogP contribution is 2.30. The first-order valence-electron chi connectivity index (χ1n) is 14.5. The summed E-state index contributed by atoms with van der Waals surface area (Å²) in [4.78, 5) is 37.4. The van der Waals surface area contributed by atoms with Crippen LogP contribution in [0.3, 0.4) is 0 Å². The molecule has 2 amide bonds. The third-order valence-electron chi connectivity index (χ3n) is 8.20. The summed E-state index contributed by atoms with van der Waals surface area (Å²) >= 11 is 1.38. The first-order valence-corrected chi connectivity index (χ1v) is 15.3. The van der Waals surface area contributed by atoms with Crippen molar-refractivity contribution in [3.63, 3.8) is 0 Å². The lowest BCUT2D eigenvalue weighted by Gasteiger charge is -2.39. The minimum absolute atomic E-state index is 0.151. The molecule has 0 radical (unpaired) electrons. The average Bonchev–Trinajstić information content (AvgIpc) is 3.84. The minimum Gasteiger partial charge on any atom is -0.379 e. The number of para-hydroxylation sites is 2. The number of hydrogen-bond acceptors (Lipinski definition) is 8. The number of fused-ring (bicyclic) bond motifs is 1. The number of imidazole rings is 1. The summed E-state index contributed by atoms with van der Waals surface area (Å²) in [5.41, 5.74) is 2.23. The highest BCUT2D eigenvalue weighted by atomic mass is 32.1. The average molecular weight is 599 g/mol. The number of amides is 2. The summed E-state index contributed by atoms with van der Waals surface area (Å²) in [6.07, 6.45) is 6.93. The maximum atomic E-state index is 13.8. The van der Waals surface area contributed by atoms with E-state index in [-0.39, 0.29) is 23.4 Å². The molecule has 0 spiro atoms. The molecule has 2 N–H and O–H groups in total. The number of rotatable bonds is 8. The quantitative estimate of drug-likeness (QED) is 0.228. The second-order valence-corrected chi connectivity index (χ2v) is 12.4. The number of aromatic nitrogens is 4. The molecular formula is C31H34N8O3S. The van der Waals surface area contributed by atoms with Gasteiger partial charge in [-0.25, -0.2) is 4.98 Å². The number of carbonyl (C=O) groups is 2. The lowest BCUT2D eigenvalue weighted by Crippen LogP contribution is -2.49. The maximum Gasteiger partial charge on any atom is 0.268 e. The molecule has 0 bridgehead atoms. The lowest BCUT2D eigenvalue weighted by molar-refractivity contribution is -0.127. The number of thiophene rings is 1. The SMILES string of the molecule is CC(C)(/C=C(\C#N)C(=O)N1CCC[C@@H]1Cn1c(NC(=O)c2ccc(-c3cn[nH]c3)s2)nc2ccccc21)N1CCOCC1. The first-order chi connectivity index (χ1) is 20.8. The Morgan fingerprint density at radius 3 is 2.79 bits per heavy atom. The molecule has 1 aromatic carbocycles. The molecule has 2 aliphatic rings. The summed E-state index contributed by atoms with van der Waals surface area (Å²) in [6, 6.07) is 13.4. The third kappa shape index (κ3) is 5.97. The molecule has 3 aromatic heterocycles. The highest BCUT2D eigenvalue weighted by molar-refractivity contribution is 7.17. The number of hydrogen-bond donors (Lipinski definition) is 2. The van der Waals surface area contributed by atoms with Gasteiger partial charge in [0.05, 0.1) is 41.4 Å². The number of morpholine rings is 1. The molecule has 11 nitrogen and oxygen atoms in total. The van der Waals surface area contributed by atoms with E-state index < -0.39 is 5.54 Å². The number of likely N-dealkylation sites (tertiary alicyclic amines) is 1. The van der Waals surface area contributed by atoms with E-state index in [1.165, 1.54) is 11.3 Å². The number of carbonyl (C=O) groups excluding carboxylic acids is 2. The van der Waals surface area contributed by atoms with Gasteiger partial charge in [0.15, 0.2) is 0 Å². The van der Waals surface area contributed by atoms with Crippen molar-refractivity contribution in [3.05, 3.63) is 65.3 Å². The predicted molar refractivity (Wildman–Crippen MR) is 164 cm³/mol. The number of aromatic amines is 1. The van der Waals surface area contributed by atoms with Crippen LogP contribution < -0.4 is 5.32 Å². The van der Waals surface area contributed by atoms with E-state index in [0.29, 0.717) is 37.1 Å². The van der Waals surface area contributed by atoms with Crippen LogP contribution in [0.4, 0.5) is 5.95 Å². The number of anilines is 1. The molecule has 12 heteroatoms. The Morgan fingerprint density at radius 1 is 1.21 bits per heavy atom. The molecule has 6 rings (SSSR count). The Balaban J connectivity index is 1.24. The van der Waals surface area contributed by atoms with Gasteiger partial charge in [-0.05, 0) is 57.0 Å².